The van der Waals surface area contributed by atoms with E-state index in [1.54, 1.807) is 13.3 Å². The smallest absolute Gasteiger partial charge is 0.0853 e. The van der Waals surface area contributed by atoms with Gasteiger partial charge in [-0.3, -0.25) is 4.98 Å². The molecule has 1 heterocycles. The van der Waals surface area contributed by atoms with Gasteiger partial charge in [0.1, 0.15) is 0 Å². The van der Waals surface area contributed by atoms with Crippen LogP contribution in [0.25, 0.3) is 0 Å². The minimum Gasteiger partial charge on any atom is -0.390 e. The van der Waals surface area contributed by atoms with E-state index in [-0.39, 0.29) is 6.61 Å². The van der Waals surface area contributed by atoms with Crippen molar-refractivity contribution in [3.8, 4) is 0 Å². The molecule has 0 aliphatic rings. The minimum absolute atomic E-state index is 0.0238. The molecule has 0 aliphatic heterocycles. The van der Waals surface area contributed by atoms with Gasteiger partial charge < -0.3 is 14.7 Å². The molecule has 90 valence electrons. The number of methoxy groups -OCH3 is 1. The Morgan fingerprint density at radius 1 is 1.50 bits per heavy atom. The van der Waals surface area contributed by atoms with E-state index >= 15 is 0 Å². The fourth-order valence-electron chi connectivity index (χ4n) is 1.61. The largest absolute Gasteiger partial charge is 0.390 e. The van der Waals surface area contributed by atoms with Crippen LogP contribution in [0.3, 0.4) is 0 Å². The second-order valence-corrected chi connectivity index (χ2v) is 3.94. The molecule has 0 spiro atoms. The van der Waals surface area contributed by atoms with Crippen molar-refractivity contribution in [3.05, 3.63) is 24.0 Å². The Balaban J connectivity index is 2.82. The second-order valence-electron chi connectivity index (χ2n) is 3.94. The number of ether oxygens (including phenoxy) is 1. The SMILES string of the molecule is COCCN(c1ccnc(CO)c1)C(C)C. The van der Waals surface area contributed by atoms with Crippen LogP contribution in [0, 0.1) is 0 Å². The number of aromatic nitrogens is 1. The lowest BCUT2D eigenvalue weighted by Gasteiger charge is -2.28. The summed E-state index contributed by atoms with van der Waals surface area (Å²) >= 11 is 0. The van der Waals surface area contributed by atoms with Crippen molar-refractivity contribution in [2.75, 3.05) is 25.2 Å². The van der Waals surface area contributed by atoms with Crippen molar-refractivity contribution in [3.63, 3.8) is 0 Å². The van der Waals surface area contributed by atoms with Gasteiger partial charge in [0.15, 0.2) is 0 Å². The van der Waals surface area contributed by atoms with Crippen LogP contribution in [-0.2, 0) is 11.3 Å². The van der Waals surface area contributed by atoms with Crippen molar-refractivity contribution in [2.45, 2.75) is 26.5 Å². The molecule has 0 fully saturated rings. The maximum atomic E-state index is 9.05. The normalized spacial score (nSPS) is 10.8. The van der Waals surface area contributed by atoms with Gasteiger partial charge in [-0.1, -0.05) is 0 Å². The molecule has 0 aromatic carbocycles. The van der Waals surface area contributed by atoms with E-state index in [9.17, 15) is 0 Å². The third-order valence-corrected chi connectivity index (χ3v) is 2.45. The van der Waals surface area contributed by atoms with Gasteiger partial charge in [0.05, 0.1) is 18.9 Å². The minimum atomic E-state index is -0.0238. The van der Waals surface area contributed by atoms with E-state index in [0.717, 1.165) is 12.2 Å². The van der Waals surface area contributed by atoms with Crippen LogP contribution < -0.4 is 4.90 Å². The van der Waals surface area contributed by atoms with Gasteiger partial charge in [0, 0.05) is 31.6 Å². The molecule has 4 heteroatoms. The summed E-state index contributed by atoms with van der Waals surface area (Å²) in [4.78, 5) is 6.30. The number of nitrogens with zero attached hydrogens (tertiary/aromatic N) is 2. The summed E-state index contributed by atoms with van der Waals surface area (Å²) in [5.74, 6) is 0. The van der Waals surface area contributed by atoms with Crippen molar-refractivity contribution < 1.29 is 9.84 Å². The number of rotatable bonds is 6. The van der Waals surface area contributed by atoms with Crippen molar-refractivity contribution in [1.82, 2.24) is 4.98 Å². The summed E-state index contributed by atoms with van der Waals surface area (Å²) in [7, 11) is 1.70. The van der Waals surface area contributed by atoms with E-state index in [2.05, 4.69) is 23.7 Å². The summed E-state index contributed by atoms with van der Waals surface area (Å²) in [5, 5.41) is 9.05. The highest BCUT2D eigenvalue weighted by molar-refractivity contribution is 5.47. The van der Waals surface area contributed by atoms with Crippen molar-refractivity contribution in [2.24, 2.45) is 0 Å². The summed E-state index contributed by atoms with van der Waals surface area (Å²) in [6.45, 7) is 5.77. The molecule has 1 rings (SSSR count). The fraction of sp³-hybridized carbons (Fsp3) is 0.583. The van der Waals surface area contributed by atoms with Gasteiger partial charge in [0.25, 0.3) is 0 Å². The maximum absolute atomic E-state index is 9.05. The molecule has 0 atom stereocenters. The summed E-state index contributed by atoms with van der Waals surface area (Å²) < 4.78 is 5.09. The number of pyridine rings is 1. The van der Waals surface area contributed by atoms with Gasteiger partial charge in [-0.2, -0.15) is 0 Å². The first-order valence-electron chi connectivity index (χ1n) is 5.50. The van der Waals surface area contributed by atoms with Gasteiger partial charge in [-0.05, 0) is 26.0 Å². The number of aliphatic hydroxyl groups excluding tert-OH is 1. The standard InChI is InChI=1S/C12H20N2O2/c1-10(2)14(6-7-16-3)12-4-5-13-11(8-12)9-15/h4-5,8,10,15H,6-7,9H2,1-3H3. The Bertz CT molecular complexity index is 316. The second kappa shape index (κ2) is 6.45. The Morgan fingerprint density at radius 3 is 2.81 bits per heavy atom. The lowest BCUT2D eigenvalue weighted by atomic mass is 10.2. The van der Waals surface area contributed by atoms with E-state index in [1.807, 2.05) is 12.1 Å². The Morgan fingerprint density at radius 2 is 2.25 bits per heavy atom. The Hall–Kier alpha value is -1.13. The third-order valence-electron chi connectivity index (χ3n) is 2.45. The lowest BCUT2D eigenvalue weighted by molar-refractivity contribution is 0.204. The van der Waals surface area contributed by atoms with Gasteiger partial charge >= 0.3 is 0 Å². The van der Waals surface area contributed by atoms with Gasteiger partial charge in [0.2, 0.25) is 0 Å². The van der Waals surface area contributed by atoms with Crippen LogP contribution in [0.4, 0.5) is 5.69 Å². The average molecular weight is 224 g/mol. The Kier molecular flexibility index (Phi) is 5.22. The number of hydrogen-bond donors (Lipinski definition) is 1. The first-order valence-corrected chi connectivity index (χ1v) is 5.50. The quantitative estimate of drug-likeness (QED) is 0.794. The van der Waals surface area contributed by atoms with Crippen LogP contribution >= 0.6 is 0 Å². The average Bonchev–Trinajstić information content (AvgIpc) is 2.29. The van der Waals surface area contributed by atoms with Crippen LogP contribution in [0.2, 0.25) is 0 Å². The highest BCUT2D eigenvalue weighted by Crippen LogP contribution is 2.17. The molecule has 0 unspecified atom stereocenters. The highest BCUT2D eigenvalue weighted by atomic mass is 16.5. The molecular formula is C12H20N2O2. The number of anilines is 1. The molecule has 0 radical (unpaired) electrons. The number of aliphatic hydroxyl groups is 1. The summed E-state index contributed by atoms with van der Waals surface area (Å²) in [6, 6.07) is 4.26. The topological polar surface area (TPSA) is 45.6 Å². The zero-order valence-electron chi connectivity index (χ0n) is 10.2. The predicted molar refractivity (Wildman–Crippen MR) is 64.5 cm³/mol. The third kappa shape index (κ3) is 3.47. The lowest BCUT2D eigenvalue weighted by Crippen LogP contribution is -2.33. The van der Waals surface area contributed by atoms with Crippen LogP contribution in [0.1, 0.15) is 19.5 Å². The van der Waals surface area contributed by atoms with E-state index in [4.69, 9.17) is 9.84 Å². The molecule has 0 amide bonds. The first-order chi connectivity index (χ1) is 7.69. The van der Waals surface area contributed by atoms with Crippen LogP contribution in [0.5, 0.6) is 0 Å². The maximum Gasteiger partial charge on any atom is 0.0853 e. The molecule has 0 saturated carbocycles. The first kappa shape index (κ1) is 12.9. The zero-order chi connectivity index (χ0) is 12.0. The zero-order valence-corrected chi connectivity index (χ0v) is 10.2. The van der Waals surface area contributed by atoms with Crippen molar-refractivity contribution in [1.29, 1.82) is 0 Å². The molecule has 16 heavy (non-hydrogen) atoms. The molecule has 1 N–H and O–H groups in total. The molecule has 1 aromatic rings. The molecule has 1 aromatic heterocycles. The predicted octanol–water partition coefficient (Wildman–Crippen LogP) is 1.44. The molecule has 0 bridgehead atoms. The Labute approximate surface area is 96.9 Å². The van der Waals surface area contributed by atoms with E-state index < -0.39 is 0 Å². The monoisotopic (exact) mass is 224 g/mol. The van der Waals surface area contributed by atoms with Crippen LogP contribution in [-0.4, -0.2) is 36.4 Å². The van der Waals surface area contributed by atoms with Gasteiger partial charge in [-0.15, -0.1) is 0 Å². The molecular weight excluding hydrogens is 204 g/mol. The van der Waals surface area contributed by atoms with Crippen molar-refractivity contribution >= 4 is 5.69 Å². The fourth-order valence-corrected chi connectivity index (χ4v) is 1.61. The molecule has 4 nitrogen and oxygen atoms in total. The summed E-state index contributed by atoms with van der Waals surface area (Å²) in [5.41, 5.74) is 1.77. The van der Waals surface area contributed by atoms with E-state index in [1.165, 1.54) is 0 Å². The summed E-state index contributed by atoms with van der Waals surface area (Å²) in [6.07, 6.45) is 1.73. The highest BCUT2D eigenvalue weighted by Gasteiger charge is 2.10. The molecule has 0 aliphatic carbocycles. The molecule has 0 saturated heterocycles. The van der Waals surface area contributed by atoms with Gasteiger partial charge in [-0.25, -0.2) is 0 Å². The van der Waals surface area contributed by atoms with E-state index in [0.29, 0.717) is 18.3 Å². The number of hydrogen-bond acceptors (Lipinski definition) is 4. The van der Waals surface area contributed by atoms with Crippen LogP contribution in [0.15, 0.2) is 18.3 Å².